The summed E-state index contributed by atoms with van der Waals surface area (Å²) in [4.78, 5) is 57.3. The normalized spacial score (nSPS) is 34.4. The third-order valence-corrected chi connectivity index (χ3v) is 11.2. The minimum absolute atomic E-state index is 0.0486. The van der Waals surface area contributed by atoms with Crippen LogP contribution >= 0.6 is 23.2 Å². The van der Waals surface area contributed by atoms with Crippen LogP contribution in [0.5, 0.6) is 0 Å². The number of benzene rings is 3. The van der Waals surface area contributed by atoms with Gasteiger partial charge in [-0.15, -0.1) is 0 Å². The van der Waals surface area contributed by atoms with E-state index >= 15 is 0 Å². The molecule has 4 bridgehead atoms. The summed E-state index contributed by atoms with van der Waals surface area (Å²) < 4.78 is 0. The van der Waals surface area contributed by atoms with Gasteiger partial charge in [-0.3, -0.25) is 19.2 Å². The third-order valence-electron chi connectivity index (χ3n) is 10.7. The summed E-state index contributed by atoms with van der Waals surface area (Å²) in [5.41, 5.74) is 2.61. The Bertz CT molecular complexity index is 1820. The van der Waals surface area contributed by atoms with Gasteiger partial charge in [0.2, 0.25) is 11.8 Å². The summed E-state index contributed by atoms with van der Waals surface area (Å²) in [6, 6.07) is 20.3. The summed E-state index contributed by atoms with van der Waals surface area (Å²) in [5, 5.41) is 6.26. The predicted octanol–water partition coefficient (Wildman–Crippen LogP) is 5.34. The van der Waals surface area contributed by atoms with Gasteiger partial charge in [-0.2, -0.15) is 10.1 Å². The molecule has 3 aromatic rings. The van der Waals surface area contributed by atoms with Gasteiger partial charge in [-0.1, -0.05) is 83.9 Å². The lowest BCUT2D eigenvalue weighted by atomic mass is 9.47. The Balaban J connectivity index is 1.25. The van der Waals surface area contributed by atoms with Crippen molar-refractivity contribution in [2.24, 2.45) is 40.6 Å². The van der Waals surface area contributed by atoms with Gasteiger partial charge in [0.25, 0.3) is 11.8 Å². The Morgan fingerprint density at radius 3 is 1.95 bits per heavy atom. The molecule has 5 aliphatic carbocycles. The molecule has 9 heteroatoms. The van der Waals surface area contributed by atoms with E-state index in [1.807, 2.05) is 60.7 Å². The van der Waals surface area contributed by atoms with Crippen molar-refractivity contribution in [1.82, 2.24) is 5.01 Å². The Morgan fingerprint density at radius 2 is 1.35 bits per heavy atom. The van der Waals surface area contributed by atoms with Gasteiger partial charge < -0.3 is 0 Å². The first-order valence-corrected chi connectivity index (χ1v) is 15.2. The Hall–Kier alpha value is -4.07. The topological polar surface area (TPSA) is 87.1 Å². The number of carbonyl (C=O) groups excluding carboxylic acids is 4. The van der Waals surface area contributed by atoms with Gasteiger partial charge >= 0.3 is 0 Å². The second-order valence-corrected chi connectivity index (χ2v) is 13.2. The van der Waals surface area contributed by atoms with E-state index in [2.05, 4.69) is 5.10 Å². The zero-order chi connectivity index (χ0) is 29.4. The smallest absolute Gasteiger partial charge is 0.254 e. The highest BCUT2D eigenvalue weighted by atomic mass is 35.5. The molecule has 4 amide bonds. The highest BCUT2D eigenvalue weighted by molar-refractivity contribution is 6.38. The number of anilines is 1. The molecule has 43 heavy (non-hydrogen) atoms. The monoisotopic (exact) mass is 607 g/mol. The van der Waals surface area contributed by atoms with Crippen LogP contribution in [0.25, 0.3) is 0 Å². The first-order valence-electron chi connectivity index (χ1n) is 14.5. The molecule has 0 radical (unpaired) electrons. The minimum atomic E-state index is -1.21. The molecular formula is C34H23Cl2N3O4. The van der Waals surface area contributed by atoms with Crippen LogP contribution in [0.2, 0.25) is 10.0 Å². The molecular weight excluding hydrogens is 585 g/mol. The van der Waals surface area contributed by atoms with Crippen molar-refractivity contribution in [1.29, 1.82) is 0 Å². The van der Waals surface area contributed by atoms with Gasteiger partial charge in [-0.05, 0) is 58.7 Å². The summed E-state index contributed by atoms with van der Waals surface area (Å²) in [7, 11) is 0. The molecule has 0 aromatic heterocycles. The zero-order valence-corrected chi connectivity index (χ0v) is 24.1. The van der Waals surface area contributed by atoms with Crippen molar-refractivity contribution in [2.75, 3.05) is 4.90 Å². The molecule has 3 fully saturated rings. The molecule has 2 saturated heterocycles. The predicted molar refractivity (Wildman–Crippen MR) is 160 cm³/mol. The zero-order valence-electron chi connectivity index (χ0n) is 22.6. The summed E-state index contributed by atoms with van der Waals surface area (Å²) in [5.74, 6) is -4.02. The van der Waals surface area contributed by atoms with Crippen LogP contribution in [-0.2, 0) is 24.6 Å². The van der Waals surface area contributed by atoms with Crippen LogP contribution in [0.15, 0.2) is 84.0 Å². The van der Waals surface area contributed by atoms with Crippen LogP contribution in [-0.4, -0.2) is 34.9 Å². The molecule has 0 unspecified atom stereocenters. The van der Waals surface area contributed by atoms with Crippen molar-refractivity contribution >= 4 is 58.7 Å². The van der Waals surface area contributed by atoms with E-state index in [4.69, 9.17) is 23.2 Å². The molecule has 10 rings (SSSR count). The maximum atomic E-state index is 14.6. The van der Waals surface area contributed by atoms with Crippen molar-refractivity contribution in [3.8, 4) is 0 Å². The van der Waals surface area contributed by atoms with Gasteiger partial charge in [0.15, 0.2) is 0 Å². The first-order chi connectivity index (χ1) is 20.8. The summed E-state index contributed by atoms with van der Waals surface area (Å²) in [6.45, 7) is 0. The Labute approximate surface area is 256 Å². The van der Waals surface area contributed by atoms with E-state index in [1.165, 1.54) is 11.0 Å². The summed E-state index contributed by atoms with van der Waals surface area (Å²) >= 11 is 12.7. The van der Waals surface area contributed by atoms with Crippen LogP contribution in [0, 0.1) is 35.5 Å². The number of halogens is 2. The number of carbonyl (C=O) groups is 4. The SMILES string of the molecule is O=C1[C@@H]2[C@H](C(=O)N1/N=C\C13c4ccccc4C(c4ccccc41)[C@H]1C(=O)N(c4ccc(Cl)cc4Cl)C(=O)[C@@H]13)[C@H]1C=C[C@H]2C1. The number of rotatable bonds is 3. The van der Waals surface area contributed by atoms with E-state index in [1.54, 1.807) is 18.3 Å². The Kier molecular flexibility index (Phi) is 5.04. The number of allylic oxidation sites excluding steroid dienone is 2. The Morgan fingerprint density at radius 1 is 0.744 bits per heavy atom. The molecule has 2 aliphatic heterocycles. The standard InChI is InChI=1S/C34H23Cl2N3O4/c35-18-11-12-24(23(36)14-18)38-30(40)28-27-19-5-1-3-7-21(19)34(29(28)33(38)43,22-8-4-2-6-20(22)27)15-37-39-31(41)25-16-9-10-17(13-16)26(25)32(39)42/h1-12,14-17,25-29H,13H2/b37-15-/t16-,17-,25-,26+,27?,28+,29+,34?/m0/s1. The van der Waals surface area contributed by atoms with Crippen molar-refractivity contribution in [2.45, 2.75) is 17.8 Å². The van der Waals surface area contributed by atoms with E-state index in [9.17, 15) is 19.2 Å². The molecule has 7 nitrogen and oxygen atoms in total. The molecule has 7 aliphatic rings. The van der Waals surface area contributed by atoms with Crippen molar-refractivity contribution < 1.29 is 19.2 Å². The van der Waals surface area contributed by atoms with E-state index in [-0.39, 0.29) is 46.2 Å². The number of nitrogens with zero attached hydrogens (tertiary/aromatic N) is 3. The lowest BCUT2D eigenvalue weighted by molar-refractivity contribution is -0.140. The second kappa shape index (κ2) is 8.52. The number of amides is 4. The highest BCUT2D eigenvalue weighted by Gasteiger charge is 2.68. The fourth-order valence-electron chi connectivity index (χ4n) is 9.10. The number of hydrogen-bond donors (Lipinski definition) is 0. The van der Waals surface area contributed by atoms with E-state index in [0.717, 1.165) is 33.7 Å². The van der Waals surface area contributed by atoms with Crippen LogP contribution in [0.1, 0.15) is 34.6 Å². The molecule has 3 aromatic carbocycles. The van der Waals surface area contributed by atoms with Crippen LogP contribution < -0.4 is 4.90 Å². The lowest BCUT2D eigenvalue weighted by Crippen LogP contribution is -2.55. The summed E-state index contributed by atoms with van der Waals surface area (Å²) in [6.07, 6.45) is 6.51. The number of imide groups is 2. The third kappa shape index (κ3) is 2.99. The molecule has 2 heterocycles. The number of hydrogen-bond acceptors (Lipinski definition) is 5. The number of hydrazone groups is 1. The molecule has 0 N–H and O–H groups in total. The first kappa shape index (κ1) is 25.4. The molecule has 0 spiro atoms. The average molecular weight is 608 g/mol. The van der Waals surface area contributed by atoms with Gasteiger partial charge in [0.05, 0.1) is 39.8 Å². The van der Waals surface area contributed by atoms with Gasteiger partial charge in [0, 0.05) is 17.2 Å². The molecule has 1 saturated carbocycles. The minimum Gasteiger partial charge on any atom is -0.274 e. The molecule has 212 valence electrons. The van der Waals surface area contributed by atoms with Crippen LogP contribution in [0.3, 0.4) is 0 Å². The fraction of sp³-hybridized carbons (Fsp3) is 0.265. The van der Waals surface area contributed by atoms with Gasteiger partial charge in [-0.25, -0.2) is 4.90 Å². The van der Waals surface area contributed by atoms with Crippen molar-refractivity contribution in [3.05, 3.63) is 111 Å². The largest absolute Gasteiger partial charge is 0.274 e. The average Bonchev–Trinajstić information content (AvgIpc) is 3.75. The molecule has 6 atom stereocenters. The maximum Gasteiger partial charge on any atom is 0.254 e. The maximum absolute atomic E-state index is 14.6. The fourth-order valence-corrected chi connectivity index (χ4v) is 9.59. The van der Waals surface area contributed by atoms with E-state index < -0.39 is 35.0 Å². The highest BCUT2D eigenvalue weighted by Crippen LogP contribution is 2.64. The number of fused-ring (bicyclic) bond motifs is 5. The van der Waals surface area contributed by atoms with Gasteiger partial charge in [0.1, 0.15) is 0 Å². The lowest BCUT2D eigenvalue weighted by Gasteiger charge is -2.52. The second-order valence-electron chi connectivity index (χ2n) is 12.4. The van der Waals surface area contributed by atoms with Crippen LogP contribution in [0.4, 0.5) is 5.69 Å². The van der Waals surface area contributed by atoms with Crippen molar-refractivity contribution in [3.63, 3.8) is 0 Å². The quantitative estimate of drug-likeness (QED) is 0.228. The van der Waals surface area contributed by atoms with E-state index in [0.29, 0.717) is 5.02 Å².